The Hall–Kier alpha value is -3.20. The summed E-state index contributed by atoms with van der Waals surface area (Å²) in [4.78, 5) is 36.8. The molecule has 9 heteroatoms. The van der Waals surface area contributed by atoms with Gasteiger partial charge in [0.1, 0.15) is 11.6 Å². The molecular formula is C22H25N7OS. The minimum Gasteiger partial charge on any atom is -0.338 e. The molecule has 3 aromatic heterocycles. The Morgan fingerprint density at radius 2 is 1.87 bits per heavy atom. The zero-order valence-electron chi connectivity index (χ0n) is 18.1. The van der Waals surface area contributed by atoms with Gasteiger partial charge in [-0.1, -0.05) is 0 Å². The largest absolute Gasteiger partial charge is 0.338 e. The lowest BCUT2D eigenvalue weighted by molar-refractivity contribution is -0.124. The van der Waals surface area contributed by atoms with E-state index in [2.05, 4.69) is 30.2 Å². The third-order valence-electron chi connectivity index (χ3n) is 5.03. The van der Waals surface area contributed by atoms with Gasteiger partial charge in [-0.05, 0) is 46.3 Å². The molecular weight excluding hydrogens is 410 g/mol. The Kier molecular flexibility index (Phi) is 6.03. The summed E-state index contributed by atoms with van der Waals surface area (Å²) in [7, 11) is 0. The van der Waals surface area contributed by atoms with Gasteiger partial charge in [-0.25, -0.2) is 24.9 Å². The molecule has 1 amide bonds. The number of likely N-dealkylation sites (tertiary alicyclic amines) is 1. The number of carbonyl (C=O) groups excluding carboxylic acids is 1. The van der Waals surface area contributed by atoms with Crippen LogP contribution >= 0.6 is 11.3 Å². The molecule has 0 aliphatic carbocycles. The van der Waals surface area contributed by atoms with Gasteiger partial charge in [0.15, 0.2) is 0 Å². The monoisotopic (exact) mass is 435 g/mol. The van der Waals surface area contributed by atoms with Gasteiger partial charge < -0.3 is 10.2 Å². The second-order valence-electron chi connectivity index (χ2n) is 7.72. The molecule has 4 rings (SSSR count). The van der Waals surface area contributed by atoms with Crippen LogP contribution in [0.1, 0.15) is 45.9 Å². The SMILES string of the molecule is Cc1cc(C)nc(Nc2cc([C@@H]3CCN(C(=O)/C=C/c4csc(C)n4)C3)nc(C)n2)n1. The van der Waals surface area contributed by atoms with Crippen molar-refractivity contribution in [3.05, 3.63) is 57.2 Å². The maximum Gasteiger partial charge on any atom is 0.246 e. The van der Waals surface area contributed by atoms with Crippen LogP contribution < -0.4 is 5.32 Å². The first kappa shape index (κ1) is 21.0. The van der Waals surface area contributed by atoms with Crippen molar-refractivity contribution in [3.63, 3.8) is 0 Å². The van der Waals surface area contributed by atoms with E-state index >= 15 is 0 Å². The van der Waals surface area contributed by atoms with E-state index in [1.165, 1.54) is 0 Å². The number of rotatable bonds is 5. The number of aryl methyl sites for hydroxylation is 4. The predicted molar refractivity (Wildman–Crippen MR) is 121 cm³/mol. The molecule has 0 saturated carbocycles. The highest BCUT2D eigenvalue weighted by molar-refractivity contribution is 7.09. The fourth-order valence-electron chi connectivity index (χ4n) is 3.68. The van der Waals surface area contributed by atoms with Gasteiger partial charge in [-0.3, -0.25) is 4.79 Å². The lowest BCUT2D eigenvalue weighted by Gasteiger charge is -2.15. The van der Waals surface area contributed by atoms with Crippen molar-refractivity contribution < 1.29 is 4.79 Å². The Bertz CT molecular complexity index is 1120. The number of hydrogen-bond donors (Lipinski definition) is 1. The maximum absolute atomic E-state index is 12.6. The summed E-state index contributed by atoms with van der Waals surface area (Å²) in [5.74, 6) is 2.03. The van der Waals surface area contributed by atoms with E-state index in [9.17, 15) is 4.79 Å². The number of anilines is 2. The fraction of sp³-hybridized carbons (Fsp3) is 0.364. The second-order valence-corrected chi connectivity index (χ2v) is 8.78. The number of carbonyl (C=O) groups is 1. The third-order valence-corrected chi connectivity index (χ3v) is 5.82. The van der Waals surface area contributed by atoms with Crippen molar-refractivity contribution in [2.45, 2.75) is 40.0 Å². The third kappa shape index (κ3) is 5.29. The van der Waals surface area contributed by atoms with Crippen LogP contribution in [0, 0.1) is 27.7 Å². The van der Waals surface area contributed by atoms with Crippen molar-refractivity contribution in [2.24, 2.45) is 0 Å². The van der Waals surface area contributed by atoms with Crippen molar-refractivity contribution in [3.8, 4) is 0 Å². The lowest BCUT2D eigenvalue weighted by atomic mass is 10.0. The van der Waals surface area contributed by atoms with Gasteiger partial charge in [-0.15, -0.1) is 11.3 Å². The van der Waals surface area contributed by atoms with Crippen molar-refractivity contribution in [1.29, 1.82) is 0 Å². The number of nitrogens with zero attached hydrogens (tertiary/aromatic N) is 6. The molecule has 1 atom stereocenters. The number of thiazole rings is 1. The highest BCUT2D eigenvalue weighted by atomic mass is 32.1. The van der Waals surface area contributed by atoms with Gasteiger partial charge in [-0.2, -0.15) is 0 Å². The summed E-state index contributed by atoms with van der Waals surface area (Å²) in [6.07, 6.45) is 4.25. The van der Waals surface area contributed by atoms with E-state index in [4.69, 9.17) is 0 Å². The van der Waals surface area contributed by atoms with E-state index in [1.54, 1.807) is 23.5 Å². The van der Waals surface area contributed by atoms with Crippen LogP contribution in [-0.4, -0.2) is 48.8 Å². The summed E-state index contributed by atoms with van der Waals surface area (Å²) in [5.41, 5.74) is 3.54. The molecule has 31 heavy (non-hydrogen) atoms. The summed E-state index contributed by atoms with van der Waals surface area (Å²) in [5, 5.41) is 6.13. The van der Waals surface area contributed by atoms with Crippen LogP contribution in [0.25, 0.3) is 6.08 Å². The van der Waals surface area contributed by atoms with E-state index in [1.807, 2.05) is 50.1 Å². The van der Waals surface area contributed by atoms with Crippen molar-refractivity contribution in [2.75, 3.05) is 18.4 Å². The fourth-order valence-corrected chi connectivity index (χ4v) is 4.26. The zero-order valence-corrected chi connectivity index (χ0v) is 18.9. The van der Waals surface area contributed by atoms with Gasteiger partial charge in [0.2, 0.25) is 11.9 Å². The quantitative estimate of drug-likeness (QED) is 0.610. The van der Waals surface area contributed by atoms with Crippen LogP contribution in [0.3, 0.4) is 0 Å². The molecule has 4 heterocycles. The molecule has 1 saturated heterocycles. The molecule has 1 N–H and O–H groups in total. The molecule has 0 unspecified atom stereocenters. The first-order valence-corrected chi connectivity index (χ1v) is 11.1. The van der Waals surface area contributed by atoms with Crippen LogP contribution in [-0.2, 0) is 4.79 Å². The normalized spacial score (nSPS) is 16.3. The van der Waals surface area contributed by atoms with Crippen LogP contribution in [0.5, 0.6) is 0 Å². The predicted octanol–water partition coefficient (Wildman–Crippen LogP) is 3.73. The van der Waals surface area contributed by atoms with Crippen molar-refractivity contribution >= 4 is 35.1 Å². The molecule has 0 bridgehead atoms. The minimum atomic E-state index is 0.000848. The first-order valence-electron chi connectivity index (χ1n) is 10.2. The molecule has 3 aromatic rings. The second kappa shape index (κ2) is 8.89. The summed E-state index contributed by atoms with van der Waals surface area (Å²) in [6.45, 7) is 9.03. The number of nitrogens with one attached hydrogen (secondary N) is 1. The molecule has 0 aromatic carbocycles. The first-order chi connectivity index (χ1) is 14.9. The van der Waals surface area contributed by atoms with Gasteiger partial charge >= 0.3 is 0 Å². The average Bonchev–Trinajstić information content (AvgIpc) is 3.34. The van der Waals surface area contributed by atoms with E-state index in [0.29, 0.717) is 30.7 Å². The number of aromatic nitrogens is 5. The highest BCUT2D eigenvalue weighted by Crippen LogP contribution is 2.28. The van der Waals surface area contributed by atoms with Crippen LogP contribution in [0.15, 0.2) is 23.6 Å². The molecule has 160 valence electrons. The number of hydrogen-bond acceptors (Lipinski definition) is 8. The molecule has 1 aliphatic heterocycles. The van der Waals surface area contributed by atoms with E-state index < -0.39 is 0 Å². The smallest absolute Gasteiger partial charge is 0.246 e. The highest BCUT2D eigenvalue weighted by Gasteiger charge is 2.28. The Morgan fingerprint density at radius 1 is 1.10 bits per heavy atom. The molecule has 0 spiro atoms. The van der Waals surface area contributed by atoms with E-state index in [-0.39, 0.29) is 11.8 Å². The Morgan fingerprint density at radius 3 is 2.58 bits per heavy atom. The molecule has 0 radical (unpaired) electrons. The van der Waals surface area contributed by atoms with Gasteiger partial charge in [0.25, 0.3) is 0 Å². The van der Waals surface area contributed by atoms with Crippen LogP contribution in [0.2, 0.25) is 0 Å². The maximum atomic E-state index is 12.6. The lowest BCUT2D eigenvalue weighted by Crippen LogP contribution is -2.26. The Balaban J connectivity index is 1.45. The topological polar surface area (TPSA) is 96.8 Å². The summed E-state index contributed by atoms with van der Waals surface area (Å²) < 4.78 is 0. The minimum absolute atomic E-state index is 0.000848. The van der Waals surface area contributed by atoms with Crippen LogP contribution in [0.4, 0.5) is 11.8 Å². The van der Waals surface area contributed by atoms with Gasteiger partial charge in [0.05, 0.1) is 16.4 Å². The molecule has 1 fully saturated rings. The average molecular weight is 436 g/mol. The molecule has 8 nitrogen and oxygen atoms in total. The summed E-state index contributed by atoms with van der Waals surface area (Å²) in [6, 6.07) is 3.86. The molecule has 1 aliphatic rings. The van der Waals surface area contributed by atoms with Gasteiger partial charge in [0, 0.05) is 47.9 Å². The van der Waals surface area contributed by atoms with Crippen molar-refractivity contribution in [1.82, 2.24) is 29.8 Å². The number of amides is 1. The summed E-state index contributed by atoms with van der Waals surface area (Å²) >= 11 is 1.57. The zero-order chi connectivity index (χ0) is 22.0. The standard InChI is InChI=1S/C22H25N7OS/c1-13-9-14(2)24-22(23-13)28-20-10-19(25-15(3)26-20)17-7-8-29(11-17)21(30)6-5-18-12-31-16(4)27-18/h5-6,9-10,12,17H,7-8,11H2,1-4H3,(H,23,24,25,26,28)/b6-5+/t17-/m1/s1. The Labute approximate surface area is 185 Å². The van der Waals surface area contributed by atoms with E-state index in [0.717, 1.165) is 34.2 Å².